The summed E-state index contributed by atoms with van der Waals surface area (Å²) in [6, 6.07) is 1.78. The second-order valence-electron chi connectivity index (χ2n) is 4.61. The van der Waals surface area contributed by atoms with Gasteiger partial charge >= 0.3 is 0 Å². The zero-order valence-corrected chi connectivity index (χ0v) is 11.6. The van der Waals surface area contributed by atoms with Crippen LogP contribution in [0.4, 0.5) is 0 Å². The van der Waals surface area contributed by atoms with Crippen LogP contribution in [0, 0.1) is 17.8 Å². The highest BCUT2D eigenvalue weighted by atomic mass is 16.2. The average Bonchev–Trinajstić information content (AvgIpc) is 2.42. The monoisotopic (exact) mass is 260 g/mol. The van der Waals surface area contributed by atoms with Crippen molar-refractivity contribution >= 4 is 5.91 Å². The van der Waals surface area contributed by atoms with Crippen LogP contribution >= 0.6 is 0 Å². The van der Waals surface area contributed by atoms with Gasteiger partial charge in [-0.25, -0.2) is 0 Å². The van der Waals surface area contributed by atoms with Crippen molar-refractivity contribution in [2.75, 3.05) is 6.61 Å². The first-order chi connectivity index (χ1) is 9.10. The molecule has 102 valence electrons. The molecular formula is C15H20N2O2. The number of nitrogens with one attached hydrogen (secondary N) is 1. The van der Waals surface area contributed by atoms with Gasteiger partial charge in [-0.2, -0.15) is 0 Å². The van der Waals surface area contributed by atoms with Crippen molar-refractivity contribution in [2.24, 2.45) is 5.92 Å². The van der Waals surface area contributed by atoms with E-state index in [1.807, 2.05) is 6.92 Å². The molecule has 1 heterocycles. The smallest absolute Gasteiger partial charge is 0.252 e. The van der Waals surface area contributed by atoms with E-state index in [2.05, 4.69) is 36.0 Å². The third-order valence-electron chi connectivity index (χ3n) is 2.93. The van der Waals surface area contributed by atoms with Crippen LogP contribution in [0.5, 0.6) is 0 Å². The van der Waals surface area contributed by atoms with E-state index in [1.165, 1.54) is 6.20 Å². The molecular weight excluding hydrogens is 240 g/mol. The van der Waals surface area contributed by atoms with Gasteiger partial charge in [0.25, 0.3) is 5.91 Å². The quantitative estimate of drug-likeness (QED) is 0.808. The average molecular weight is 260 g/mol. The van der Waals surface area contributed by atoms with Gasteiger partial charge in [0.05, 0.1) is 11.1 Å². The van der Waals surface area contributed by atoms with Crippen LogP contribution in [0.1, 0.15) is 43.1 Å². The summed E-state index contributed by atoms with van der Waals surface area (Å²) < 4.78 is 0. The highest BCUT2D eigenvalue weighted by Gasteiger charge is 2.17. The number of carbonyl (C=O) groups excluding carboxylic acids is 1. The van der Waals surface area contributed by atoms with Crippen LogP contribution in [0.2, 0.25) is 0 Å². The number of aromatic nitrogens is 1. The predicted octanol–water partition coefficient (Wildman–Crippen LogP) is 1.59. The lowest BCUT2D eigenvalue weighted by Crippen LogP contribution is -2.38. The number of rotatable bonds is 4. The Balaban J connectivity index is 2.93. The number of hydrogen-bond acceptors (Lipinski definition) is 3. The Kier molecular flexibility index (Phi) is 6.04. The molecule has 2 N–H and O–H groups in total. The number of aliphatic hydroxyl groups excluding tert-OH is 1. The van der Waals surface area contributed by atoms with E-state index in [-0.39, 0.29) is 18.6 Å². The van der Waals surface area contributed by atoms with E-state index in [9.17, 15) is 4.79 Å². The van der Waals surface area contributed by atoms with Crippen LogP contribution < -0.4 is 5.32 Å². The maximum absolute atomic E-state index is 12.2. The highest BCUT2D eigenvalue weighted by molar-refractivity contribution is 5.96. The summed E-state index contributed by atoms with van der Waals surface area (Å²) in [5.41, 5.74) is 1.03. The molecule has 0 aliphatic carbocycles. The van der Waals surface area contributed by atoms with Crippen molar-refractivity contribution < 1.29 is 9.90 Å². The van der Waals surface area contributed by atoms with Crippen LogP contribution in [0.15, 0.2) is 18.5 Å². The van der Waals surface area contributed by atoms with Gasteiger partial charge in [0.15, 0.2) is 0 Å². The van der Waals surface area contributed by atoms with Crippen molar-refractivity contribution in [3.63, 3.8) is 0 Å². The molecule has 0 aliphatic rings. The van der Waals surface area contributed by atoms with E-state index >= 15 is 0 Å². The van der Waals surface area contributed by atoms with E-state index in [4.69, 9.17) is 5.11 Å². The molecule has 1 unspecified atom stereocenters. The molecule has 0 radical (unpaired) electrons. The van der Waals surface area contributed by atoms with Crippen molar-refractivity contribution in [2.45, 2.75) is 33.2 Å². The lowest BCUT2D eigenvalue weighted by molar-refractivity contribution is 0.0924. The Bertz CT molecular complexity index is 486. The molecule has 4 nitrogen and oxygen atoms in total. The molecule has 0 aliphatic heterocycles. The molecule has 0 saturated heterocycles. The van der Waals surface area contributed by atoms with E-state index < -0.39 is 0 Å². The number of nitrogens with zero attached hydrogens (tertiary/aromatic N) is 1. The zero-order chi connectivity index (χ0) is 14.3. The molecule has 1 atom stereocenters. The topological polar surface area (TPSA) is 62.2 Å². The van der Waals surface area contributed by atoms with Gasteiger partial charge in [0.1, 0.15) is 6.61 Å². The number of carbonyl (C=O) groups is 1. The molecule has 0 bridgehead atoms. The van der Waals surface area contributed by atoms with E-state index in [0.717, 1.165) is 6.42 Å². The third-order valence-corrected chi connectivity index (χ3v) is 2.93. The second kappa shape index (κ2) is 7.55. The fraction of sp³-hybridized carbons (Fsp3) is 0.467. The molecule has 0 aromatic carbocycles. The molecule has 1 aromatic heterocycles. The molecule has 1 aromatic rings. The summed E-state index contributed by atoms with van der Waals surface area (Å²) >= 11 is 0. The normalized spacial score (nSPS) is 11.6. The molecule has 1 rings (SSSR count). The Hall–Kier alpha value is -1.86. The summed E-state index contributed by atoms with van der Waals surface area (Å²) in [5.74, 6) is 5.51. The minimum atomic E-state index is -0.237. The van der Waals surface area contributed by atoms with Gasteiger partial charge in [0.2, 0.25) is 0 Å². The fourth-order valence-electron chi connectivity index (χ4n) is 1.81. The fourth-order valence-corrected chi connectivity index (χ4v) is 1.81. The minimum Gasteiger partial charge on any atom is -0.384 e. The number of amides is 1. The largest absolute Gasteiger partial charge is 0.384 e. The van der Waals surface area contributed by atoms with Crippen LogP contribution in [0.3, 0.4) is 0 Å². The first-order valence-corrected chi connectivity index (χ1v) is 6.44. The number of aliphatic hydroxyl groups is 1. The maximum Gasteiger partial charge on any atom is 0.252 e. The van der Waals surface area contributed by atoms with Crippen molar-refractivity contribution in [1.82, 2.24) is 10.3 Å². The van der Waals surface area contributed by atoms with Gasteiger partial charge < -0.3 is 10.4 Å². The third kappa shape index (κ3) is 4.38. The SMILES string of the molecule is CCC(NC(=O)c1ccncc1C#CCO)C(C)C. The Morgan fingerprint density at radius 2 is 2.26 bits per heavy atom. The standard InChI is InChI=1S/C15H20N2O2/c1-4-14(11(2)3)17-15(19)13-7-8-16-10-12(13)6-5-9-18/h7-8,10-11,14,18H,4,9H2,1-3H3,(H,17,19). The van der Waals surface area contributed by atoms with Crippen molar-refractivity contribution in [3.8, 4) is 11.8 Å². The molecule has 0 spiro atoms. The Morgan fingerprint density at radius 1 is 1.53 bits per heavy atom. The van der Waals surface area contributed by atoms with Crippen LogP contribution in [0.25, 0.3) is 0 Å². The van der Waals surface area contributed by atoms with Crippen LogP contribution in [-0.2, 0) is 0 Å². The lowest BCUT2D eigenvalue weighted by Gasteiger charge is -2.20. The van der Waals surface area contributed by atoms with E-state index in [1.54, 1.807) is 12.3 Å². The summed E-state index contributed by atoms with van der Waals surface area (Å²) in [5, 5.41) is 11.7. The first-order valence-electron chi connectivity index (χ1n) is 6.44. The summed E-state index contributed by atoms with van der Waals surface area (Å²) in [6.45, 7) is 5.96. The van der Waals surface area contributed by atoms with E-state index in [0.29, 0.717) is 17.0 Å². The maximum atomic E-state index is 12.2. The van der Waals surface area contributed by atoms with Crippen LogP contribution in [-0.4, -0.2) is 28.6 Å². The predicted molar refractivity (Wildman–Crippen MR) is 74.6 cm³/mol. The summed E-state index contributed by atoms with van der Waals surface area (Å²) in [6.07, 6.45) is 3.98. The summed E-state index contributed by atoms with van der Waals surface area (Å²) in [7, 11) is 0. The molecule has 0 saturated carbocycles. The molecule has 19 heavy (non-hydrogen) atoms. The van der Waals surface area contributed by atoms with Crippen molar-refractivity contribution in [1.29, 1.82) is 0 Å². The zero-order valence-electron chi connectivity index (χ0n) is 11.6. The molecule has 4 heteroatoms. The lowest BCUT2D eigenvalue weighted by atomic mass is 10.0. The van der Waals surface area contributed by atoms with Gasteiger partial charge in [-0.1, -0.05) is 32.6 Å². The second-order valence-corrected chi connectivity index (χ2v) is 4.61. The first kappa shape index (κ1) is 15.2. The number of pyridine rings is 1. The van der Waals surface area contributed by atoms with Crippen molar-refractivity contribution in [3.05, 3.63) is 29.6 Å². The summed E-state index contributed by atoms with van der Waals surface area (Å²) in [4.78, 5) is 16.2. The van der Waals surface area contributed by atoms with Gasteiger partial charge in [-0.15, -0.1) is 0 Å². The minimum absolute atomic E-state index is 0.138. The molecule has 0 fully saturated rings. The van der Waals surface area contributed by atoms with Gasteiger partial charge in [-0.05, 0) is 18.4 Å². The van der Waals surface area contributed by atoms with Gasteiger partial charge in [0, 0.05) is 18.4 Å². The Morgan fingerprint density at radius 3 is 2.84 bits per heavy atom. The van der Waals surface area contributed by atoms with Gasteiger partial charge in [-0.3, -0.25) is 9.78 Å². The Labute approximate surface area is 114 Å². The molecule has 1 amide bonds. The number of hydrogen-bond donors (Lipinski definition) is 2. The highest BCUT2D eigenvalue weighted by Crippen LogP contribution is 2.10.